The largest absolute Gasteiger partial charge is 0.394 e. The van der Waals surface area contributed by atoms with Crippen LogP contribution in [-0.4, -0.2) is 37.1 Å². The molecule has 1 aromatic heterocycles. The second-order valence-corrected chi connectivity index (χ2v) is 6.47. The molecule has 26 heavy (non-hydrogen) atoms. The number of nitrogens with zero attached hydrogens (tertiary/aromatic N) is 1. The molecule has 0 saturated heterocycles. The van der Waals surface area contributed by atoms with Gasteiger partial charge in [-0.2, -0.15) is 0 Å². The van der Waals surface area contributed by atoms with Gasteiger partial charge in [-0.3, -0.25) is 9.63 Å². The lowest BCUT2D eigenvalue weighted by Crippen LogP contribution is -2.26. The highest BCUT2D eigenvalue weighted by molar-refractivity contribution is 7.16. The molecule has 0 aliphatic carbocycles. The summed E-state index contributed by atoms with van der Waals surface area (Å²) < 4.78 is 15.5. The molecule has 2 radical (unpaired) electrons. The molecule has 132 valence electrons. The van der Waals surface area contributed by atoms with E-state index >= 15 is 0 Å². The second-order valence-electron chi connectivity index (χ2n) is 5.18. The summed E-state index contributed by atoms with van der Waals surface area (Å²) in [4.78, 5) is 21.2. The minimum Gasteiger partial charge on any atom is -0.394 e. The van der Waals surface area contributed by atoms with Crippen LogP contribution in [0.2, 0.25) is 5.02 Å². The van der Waals surface area contributed by atoms with Gasteiger partial charge in [-0.25, -0.2) is 14.9 Å². The SMILES string of the molecule is [B]c1ccc(Nc2c(C(=O)NOCCO)cc3scnc3c2F)c(Cl)c1. The van der Waals surface area contributed by atoms with Crippen molar-refractivity contribution in [3.05, 3.63) is 46.2 Å². The first kappa shape index (κ1) is 18.6. The van der Waals surface area contributed by atoms with Crippen molar-refractivity contribution >= 4 is 63.7 Å². The molecule has 2 aromatic carbocycles. The zero-order chi connectivity index (χ0) is 18.7. The van der Waals surface area contributed by atoms with Crippen LogP contribution in [0.5, 0.6) is 0 Å². The fourth-order valence-electron chi connectivity index (χ4n) is 2.25. The number of nitrogens with one attached hydrogen (secondary N) is 2. The van der Waals surface area contributed by atoms with Crippen LogP contribution in [0.15, 0.2) is 29.8 Å². The topological polar surface area (TPSA) is 83.5 Å². The maximum absolute atomic E-state index is 15.0. The molecule has 0 atom stereocenters. The van der Waals surface area contributed by atoms with E-state index in [2.05, 4.69) is 15.8 Å². The number of rotatable bonds is 6. The van der Waals surface area contributed by atoms with E-state index in [-0.39, 0.29) is 35.0 Å². The molecule has 6 nitrogen and oxygen atoms in total. The number of hydroxylamine groups is 1. The second kappa shape index (κ2) is 8.00. The van der Waals surface area contributed by atoms with Gasteiger partial charge in [0.1, 0.15) is 13.4 Å². The number of aliphatic hydroxyl groups excluding tert-OH is 1. The number of hydrogen-bond acceptors (Lipinski definition) is 6. The van der Waals surface area contributed by atoms with Gasteiger partial charge in [-0.1, -0.05) is 23.1 Å². The Morgan fingerprint density at radius 2 is 2.23 bits per heavy atom. The Morgan fingerprint density at radius 1 is 1.42 bits per heavy atom. The highest BCUT2D eigenvalue weighted by Gasteiger charge is 2.21. The Hall–Kier alpha value is -2.20. The first-order chi connectivity index (χ1) is 12.5. The van der Waals surface area contributed by atoms with Crippen molar-refractivity contribution in [1.82, 2.24) is 10.5 Å². The fourth-order valence-corrected chi connectivity index (χ4v) is 3.20. The van der Waals surface area contributed by atoms with E-state index in [1.807, 2.05) is 0 Å². The normalized spacial score (nSPS) is 10.9. The van der Waals surface area contributed by atoms with Crippen molar-refractivity contribution in [2.24, 2.45) is 0 Å². The van der Waals surface area contributed by atoms with Crippen LogP contribution in [0.3, 0.4) is 0 Å². The molecule has 0 bridgehead atoms. The number of carbonyl (C=O) groups excluding carboxylic acids is 1. The molecule has 0 aliphatic rings. The number of amides is 1. The maximum atomic E-state index is 15.0. The average molecular weight is 392 g/mol. The smallest absolute Gasteiger partial charge is 0.277 e. The lowest BCUT2D eigenvalue weighted by molar-refractivity contribution is 0.0169. The van der Waals surface area contributed by atoms with Gasteiger partial charge in [0.05, 0.1) is 45.4 Å². The third kappa shape index (κ3) is 3.80. The Bertz CT molecular complexity index is 969. The predicted octanol–water partition coefficient (Wildman–Crippen LogP) is 2.28. The molecule has 1 heterocycles. The minimum atomic E-state index is -0.691. The molecule has 3 N–H and O–H groups in total. The summed E-state index contributed by atoms with van der Waals surface area (Å²) >= 11 is 7.33. The van der Waals surface area contributed by atoms with E-state index in [1.54, 1.807) is 12.1 Å². The van der Waals surface area contributed by atoms with Gasteiger partial charge in [0, 0.05) is 0 Å². The summed E-state index contributed by atoms with van der Waals surface area (Å²) in [5.74, 6) is -1.37. The van der Waals surface area contributed by atoms with Gasteiger partial charge < -0.3 is 10.4 Å². The molecule has 0 unspecified atom stereocenters. The van der Waals surface area contributed by atoms with E-state index < -0.39 is 11.7 Å². The summed E-state index contributed by atoms with van der Waals surface area (Å²) in [7, 11) is 5.66. The number of carbonyl (C=O) groups is 1. The average Bonchev–Trinajstić information content (AvgIpc) is 3.08. The number of fused-ring (bicyclic) bond motifs is 1. The summed E-state index contributed by atoms with van der Waals surface area (Å²) in [6.45, 7) is -0.363. The molecule has 0 spiro atoms. The minimum absolute atomic E-state index is 0.00471. The van der Waals surface area contributed by atoms with E-state index in [4.69, 9.17) is 29.4 Å². The summed E-state index contributed by atoms with van der Waals surface area (Å²) in [5.41, 5.74) is 4.51. The van der Waals surface area contributed by atoms with Gasteiger partial charge >= 0.3 is 0 Å². The highest BCUT2D eigenvalue weighted by Crippen LogP contribution is 2.34. The van der Waals surface area contributed by atoms with Crippen molar-refractivity contribution in [3.63, 3.8) is 0 Å². The molecule has 1 amide bonds. The van der Waals surface area contributed by atoms with Crippen molar-refractivity contribution in [1.29, 1.82) is 0 Å². The standard InChI is InChI=1S/C16H12BClFN3O3S/c17-8-1-2-11(10(18)5-8)21-14-9(16(24)22-25-4-3-23)6-12-15(13(14)19)20-7-26-12/h1-2,5-7,21,23H,3-4H2,(H,22,24). The van der Waals surface area contributed by atoms with Gasteiger partial charge in [0.15, 0.2) is 5.82 Å². The predicted molar refractivity (Wildman–Crippen MR) is 100 cm³/mol. The van der Waals surface area contributed by atoms with E-state index in [9.17, 15) is 9.18 Å². The Labute approximate surface area is 158 Å². The van der Waals surface area contributed by atoms with Crippen LogP contribution in [0.4, 0.5) is 15.8 Å². The summed E-state index contributed by atoms with van der Waals surface area (Å²) in [6, 6.07) is 6.18. The van der Waals surface area contributed by atoms with E-state index in [1.165, 1.54) is 29.0 Å². The summed E-state index contributed by atoms with van der Waals surface area (Å²) in [6.07, 6.45) is 0. The molecule has 0 saturated carbocycles. The Kier molecular flexibility index (Phi) is 5.72. The third-order valence-electron chi connectivity index (χ3n) is 3.42. The van der Waals surface area contributed by atoms with E-state index in [0.717, 1.165) is 0 Å². The first-order valence-corrected chi connectivity index (χ1v) is 8.67. The van der Waals surface area contributed by atoms with Crippen LogP contribution < -0.4 is 16.3 Å². The lowest BCUT2D eigenvalue weighted by Gasteiger charge is -2.15. The quantitative estimate of drug-likeness (QED) is 0.341. The Balaban J connectivity index is 2.04. The number of anilines is 2. The molecule has 0 fully saturated rings. The number of thiazole rings is 1. The van der Waals surface area contributed by atoms with Crippen molar-refractivity contribution in [2.75, 3.05) is 18.5 Å². The number of aromatic nitrogens is 1. The third-order valence-corrected chi connectivity index (χ3v) is 4.51. The van der Waals surface area contributed by atoms with Gasteiger partial charge in [-0.15, -0.1) is 11.3 Å². The highest BCUT2D eigenvalue weighted by atomic mass is 35.5. The van der Waals surface area contributed by atoms with Crippen molar-refractivity contribution in [3.8, 4) is 0 Å². The zero-order valence-corrected chi connectivity index (χ0v) is 14.8. The van der Waals surface area contributed by atoms with Crippen LogP contribution >= 0.6 is 22.9 Å². The molecule has 3 aromatic rings. The van der Waals surface area contributed by atoms with Gasteiger partial charge in [-0.05, 0) is 18.2 Å². The molecular formula is C16H12BClFN3O3S. The maximum Gasteiger partial charge on any atom is 0.277 e. The van der Waals surface area contributed by atoms with Crippen LogP contribution in [-0.2, 0) is 4.84 Å². The first-order valence-electron chi connectivity index (χ1n) is 7.42. The van der Waals surface area contributed by atoms with Crippen LogP contribution in [0.25, 0.3) is 10.2 Å². The zero-order valence-electron chi connectivity index (χ0n) is 13.3. The molecule has 10 heteroatoms. The number of hydrogen-bond donors (Lipinski definition) is 3. The fraction of sp³-hybridized carbons (Fsp3) is 0.125. The monoisotopic (exact) mass is 391 g/mol. The van der Waals surface area contributed by atoms with Crippen molar-refractivity contribution in [2.45, 2.75) is 0 Å². The van der Waals surface area contributed by atoms with E-state index in [0.29, 0.717) is 15.9 Å². The van der Waals surface area contributed by atoms with Gasteiger partial charge in [0.25, 0.3) is 5.91 Å². The van der Waals surface area contributed by atoms with Crippen LogP contribution in [0.1, 0.15) is 10.4 Å². The summed E-state index contributed by atoms with van der Waals surface area (Å²) in [5, 5.41) is 11.8. The molecule has 3 rings (SSSR count). The number of benzene rings is 2. The lowest BCUT2D eigenvalue weighted by atomic mass is 9.96. The Morgan fingerprint density at radius 3 is 2.96 bits per heavy atom. The number of aliphatic hydroxyl groups is 1. The van der Waals surface area contributed by atoms with Crippen molar-refractivity contribution < 1.29 is 19.1 Å². The number of halogens is 2. The molecular weight excluding hydrogens is 380 g/mol. The van der Waals surface area contributed by atoms with Crippen LogP contribution in [0, 0.1) is 5.82 Å². The van der Waals surface area contributed by atoms with Gasteiger partial charge in [0.2, 0.25) is 0 Å². The molecule has 0 aliphatic heterocycles.